The van der Waals surface area contributed by atoms with Crippen molar-refractivity contribution in [2.75, 3.05) is 6.54 Å². The molecule has 5 heteroatoms. The Kier molecular flexibility index (Phi) is 3.32. The maximum atomic E-state index is 12.1. The molecule has 4 N–H and O–H groups in total. The van der Waals surface area contributed by atoms with Crippen molar-refractivity contribution in [2.24, 2.45) is 5.73 Å². The number of carbonyl (C=O) groups excluding carboxylic acids is 1. The normalized spacial score (nSPS) is 11.8. The van der Waals surface area contributed by atoms with Gasteiger partial charge in [0.25, 0.3) is 5.91 Å². The van der Waals surface area contributed by atoms with E-state index < -0.39 is 5.54 Å². The Bertz CT molecular complexity index is 589. The van der Waals surface area contributed by atoms with Crippen molar-refractivity contribution >= 4 is 28.4 Å². The molecule has 1 heterocycles. The van der Waals surface area contributed by atoms with Crippen molar-refractivity contribution in [1.82, 2.24) is 10.3 Å². The van der Waals surface area contributed by atoms with Crippen LogP contribution >= 0.6 is 11.6 Å². The number of H-pyrrole nitrogens is 1. The molecule has 1 amide bonds. The zero-order valence-electron chi connectivity index (χ0n) is 10.4. The van der Waals surface area contributed by atoms with Crippen molar-refractivity contribution < 1.29 is 4.79 Å². The van der Waals surface area contributed by atoms with E-state index in [4.69, 9.17) is 17.3 Å². The molecule has 4 nitrogen and oxygen atoms in total. The highest BCUT2D eigenvalue weighted by atomic mass is 35.5. The van der Waals surface area contributed by atoms with Crippen LogP contribution in [0.25, 0.3) is 10.9 Å². The zero-order valence-corrected chi connectivity index (χ0v) is 11.1. The number of carbonyl (C=O) groups is 1. The summed E-state index contributed by atoms with van der Waals surface area (Å²) >= 11 is 6.06. The van der Waals surface area contributed by atoms with Gasteiger partial charge >= 0.3 is 0 Å². The number of halogens is 1. The highest BCUT2D eigenvalue weighted by Gasteiger charge is 2.20. The average Bonchev–Trinajstić information content (AvgIpc) is 2.74. The number of hydrogen-bond acceptors (Lipinski definition) is 2. The summed E-state index contributed by atoms with van der Waals surface area (Å²) in [5.74, 6) is -0.183. The minimum Gasteiger partial charge on any atom is -0.350 e. The first-order valence-corrected chi connectivity index (χ1v) is 6.10. The Morgan fingerprint density at radius 2 is 2.22 bits per heavy atom. The van der Waals surface area contributed by atoms with Crippen molar-refractivity contribution in [1.29, 1.82) is 0 Å². The molecule has 0 aliphatic heterocycles. The van der Waals surface area contributed by atoms with E-state index in [1.54, 1.807) is 12.1 Å². The Morgan fingerprint density at radius 3 is 2.83 bits per heavy atom. The number of hydrogen-bond donors (Lipinski definition) is 3. The monoisotopic (exact) mass is 265 g/mol. The van der Waals surface area contributed by atoms with E-state index in [-0.39, 0.29) is 5.91 Å². The van der Waals surface area contributed by atoms with E-state index in [1.165, 1.54) is 0 Å². The van der Waals surface area contributed by atoms with Gasteiger partial charge in [-0.1, -0.05) is 17.7 Å². The van der Waals surface area contributed by atoms with E-state index in [9.17, 15) is 4.79 Å². The summed E-state index contributed by atoms with van der Waals surface area (Å²) < 4.78 is 0. The quantitative estimate of drug-likeness (QED) is 0.797. The smallest absolute Gasteiger partial charge is 0.268 e. The van der Waals surface area contributed by atoms with Gasteiger partial charge in [0.2, 0.25) is 0 Å². The van der Waals surface area contributed by atoms with Crippen molar-refractivity contribution in [2.45, 2.75) is 19.4 Å². The van der Waals surface area contributed by atoms with Crippen LogP contribution < -0.4 is 11.1 Å². The Labute approximate surface area is 111 Å². The molecule has 2 aromatic rings. The first-order chi connectivity index (χ1) is 8.43. The fourth-order valence-electron chi connectivity index (χ4n) is 1.67. The van der Waals surface area contributed by atoms with E-state index in [0.717, 1.165) is 10.9 Å². The first kappa shape index (κ1) is 12.9. The predicted octanol–water partition coefficient (Wildman–Crippen LogP) is 2.29. The number of fused-ring (bicyclic) bond motifs is 1. The molecule has 0 saturated heterocycles. The number of rotatable bonds is 3. The highest BCUT2D eigenvalue weighted by Crippen LogP contribution is 2.24. The van der Waals surface area contributed by atoms with Gasteiger partial charge < -0.3 is 16.0 Å². The molecule has 0 fully saturated rings. The number of nitrogens with two attached hydrogens (primary N) is 1. The molecule has 0 aliphatic rings. The standard InChI is InChI=1S/C13H16ClN3O/c1-13(2,7-15)17-12(18)11-6-8-9(14)4-3-5-10(8)16-11/h3-6,16H,7,15H2,1-2H3,(H,17,18). The van der Waals surface area contributed by atoms with Gasteiger partial charge in [-0.2, -0.15) is 0 Å². The summed E-state index contributed by atoms with van der Waals surface area (Å²) in [6.45, 7) is 4.13. The van der Waals surface area contributed by atoms with Gasteiger partial charge in [-0.25, -0.2) is 0 Å². The van der Waals surface area contributed by atoms with Crippen LogP contribution in [0.5, 0.6) is 0 Å². The molecule has 1 aromatic heterocycles. The third kappa shape index (κ3) is 2.49. The van der Waals surface area contributed by atoms with Crippen molar-refractivity contribution in [3.8, 4) is 0 Å². The van der Waals surface area contributed by atoms with E-state index in [1.807, 2.05) is 26.0 Å². The Morgan fingerprint density at radius 1 is 1.50 bits per heavy atom. The lowest BCUT2D eigenvalue weighted by molar-refractivity contribution is 0.0911. The minimum atomic E-state index is -0.432. The van der Waals surface area contributed by atoms with Gasteiger partial charge in [0, 0.05) is 28.0 Å². The van der Waals surface area contributed by atoms with Gasteiger partial charge in [-0.3, -0.25) is 4.79 Å². The lowest BCUT2D eigenvalue weighted by Gasteiger charge is -2.23. The van der Waals surface area contributed by atoms with Gasteiger partial charge in [-0.15, -0.1) is 0 Å². The summed E-state index contributed by atoms with van der Waals surface area (Å²) in [4.78, 5) is 15.1. The third-order valence-electron chi connectivity index (χ3n) is 2.82. The first-order valence-electron chi connectivity index (χ1n) is 5.73. The SMILES string of the molecule is CC(C)(CN)NC(=O)c1cc2c(Cl)cccc2[nH]1. The Balaban J connectivity index is 2.32. The molecule has 0 spiro atoms. The van der Waals surface area contributed by atoms with Crippen LogP contribution in [0.1, 0.15) is 24.3 Å². The van der Waals surface area contributed by atoms with Crippen LogP contribution in [0.2, 0.25) is 5.02 Å². The van der Waals surface area contributed by atoms with E-state index in [0.29, 0.717) is 17.3 Å². The molecule has 0 bridgehead atoms. The summed E-state index contributed by atoms with van der Waals surface area (Å²) in [6, 6.07) is 7.27. The average molecular weight is 266 g/mol. The van der Waals surface area contributed by atoms with Crippen LogP contribution in [-0.2, 0) is 0 Å². The lowest BCUT2D eigenvalue weighted by atomic mass is 10.1. The number of nitrogens with one attached hydrogen (secondary N) is 2. The molecule has 0 atom stereocenters. The molecule has 18 heavy (non-hydrogen) atoms. The second-order valence-electron chi connectivity index (χ2n) is 4.93. The molecule has 0 saturated carbocycles. The Hall–Kier alpha value is -1.52. The second kappa shape index (κ2) is 4.63. The maximum Gasteiger partial charge on any atom is 0.268 e. The van der Waals surface area contributed by atoms with Crippen LogP contribution in [0.4, 0.5) is 0 Å². The molecule has 0 unspecified atom stereocenters. The zero-order chi connectivity index (χ0) is 13.3. The fraction of sp³-hybridized carbons (Fsp3) is 0.308. The number of aromatic amines is 1. The van der Waals surface area contributed by atoms with Gasteiger partial charge in [0.05, 0.1) is 0 Å². The van der Waals surface area contributed by atoms with Crippen LogP contribution in [0.15, 0.2) is 24.3 Å². The molecule has 0 radical (unpaired) electrons. The van der Waals surface area contributed by atoms with Crippen LogP contribution in [0.3, 0.4) is 0 Å². The highest BCUT2D eigenvalue weighted by molar-refractivity contribution is 6.35. The molecule has 2 rings (SSSR count). The number of amides is 1. The van der Waals surface area contributed by atoms with E-state index in [2.05, 4.69) is 10.3 Å². The molecule has 1 aromatic carbocycles. The van der Waals surface area contributed by atoms with Crippen molar-refractivity contribution in [3.63, 3.8) is 0 Å². The number of benzene rings is 1. The maximum absolute atomic E-state index is 12.1. The summed E-state index contributed by atoms with van der Waals surface area (Å²) in [6.07, 6.45) is 0. The summed E-state index contributed by atoms with van der Waals surface area (Å²) in [7, 11) is 0. The molecular weight excluding hydrogens is 250 g/mol. The van der Waals surface area contributed by atoms with Gasteiger partial charge in [-0.05, 0) is 32.0 Å². The van der Waals surface area contributed by atoms with Crippen LogP contribution in [0, 0.1) is 0 Å². The van der Waals surface area contributed by atoms with Crippen LogP contribution in [-0.4, -0.2) is 23.0 Å². The second-order valence-corrected chi connectivity index (χ2v) is 5.33. The topological polar surface area (TPSA) is 70.9 Å². The molecule has 0 aliphatic carbocycles. The molecular formula is C13H16ClN3O. The lowest BCUT2D eigenvalue weighted by Crippen LogP contribution is -2.48. The van der Waals surface area contributed by atoms with Gasteiger partial charge in [0.1, 0.15) is 5.69 Å². The third-order valence-corrected chi connectivity index (χ3v) is 3.15. The van der Waals surface area contributed by atoms with Gasteiger partial charge in [0.15, 0.2) is 0 Å². The molecule has 96 valence electrons. The van der Waals surface area contributed by atoms with E-state index >= 15 is 0 Å². The predicted molar refractivity (Wildman–Crippen MR) is 73.9 cm³/mol. The minimum absolute atomic E-state index is 0.183. The number of aromatic nitrogens is 1. The fourth-order valence-corrected chi connectivity index (χ4v) is 1.90. The summed E-state index contributed by atoms with van der Waals surface area (Å²) in [5, 5.41) is 4.33. The largest absolute Gasteiger partial charge is 0.350 e. The summed E-state index contributed by atoms with van der Waals surface area (Å²) in [5.41, 5.74) is 6.48. The van der Waals surface area contributed by atoms with Crippen molar-refractivity contribution in [3.05, 3.63) is 35.0 Å².